The lowest BCUT2D eigenvalue weighted by Gasteiger charge is -2.40. The third kappa shape index (κ3) is 4.19. The molecule has 2 aromatic carbocycles. The first kappa shape index (κ1) is 27.5. The van der Waals surface area contributed by atoms with Gasteiger partial charge in [-0.2, -0.15) is 9.97 Å². The van der Waals surface area contributed by atoms with Crippen molar-refractivity contribution >= 4 is 27.5 Å². The van der Waals surface area contributed by atoms with Gasteiger partial charge in [-0.25, -0.2) is 13.8 Å². The molecule has 5 atom stereocenters. The number of aryl methyl sites for hydroxylation is 1. The molecule has 9 nitrogen and oxygen atoms in total. The third-order valence-corrected chi connectivity index (χ3v) is 10.8. The van der Waals surface area contributed by atoms with Crippen molar-refractivity contribution in [3.8, 4) is 28.9 Å². The summed E-state index contributed by atoms with van der Waals surface area (Å²) in [6.07, 6.45) is 4.18. The van der Waals surface area contributed by atoms with Crippen LogP contribution in [0.15, 0.2) is 30.3 Å². The Morgan fingerprint density at radius 3 is 2.96 bits per heavy atom. The summed E-state index contributed by atoms with van der Waals surface area (Å²) in [7, 11) is 0. The first-order valence-corrected chi connectivity index (χ1v) is 16.2. The molecular formula is C34H36F2N6O3. The number of anilines is 1. The van der Waals surface area contributed by atoms with Crippen LogP contribution in [-0.4, -0.2) is 87.6 Å². The van der Waals surface area contributed by atoms with E-state index in [4.69, 9.17) is 19.4 Å². The minimum atomic E-state index is -0.885. The van der Waals surface area contributed by atoms with Crippen molar-refractivity contribution < 1.29 is 23.4 Å². The van der Waals surface area contributed by atoms with E-state index in [9.17, 15) is 9.50 Å². The minimum absolute atomic E-state index is 0.0187. The maximum absolute atomic E-state index is 17.0. The van der Waals surface area contributed by atoms with Crippen molar-refractivity contribution in [1.29, 1.82) is 0 Å². The molecule has 11 heteroatoms. The highest BCUT2D eigenvalue weighted by molar-refractivity contribution is 6.03. The number of nitrogens with one attached hydrogen (secondary N) is 1. The number of ether oxygens (including phenoxy) is 2. The summed E-state index contributed by atoms with van der Waals surface area (Å²) in [4.78, 5) is 18.8. The largest absolute Gasteiger partial charge is 0.508 e. The van der Waals surface area contributed by atoms with Gasteiger partial charge in [0.1, 0.15) is 47.5 Å². The Balaban J connectivity index is 1.24. The molecule has 0 aliphatic carbocycles. The molecular weight excluding hydrogens is 578 g/mol. The summed E-state index contributed by atoms with van der Waals surface area (Å²) in [5, 5.41) is 16.5. The molecule has 2 bridgehead atoms. The van der Waals surface area contributed by atoms with Crippen molar-refractivity contribution in [2.75, 3.05) is 37.7 Å². The van der Waals surface area contributed by atoms with Crippen LogP contribution < -0.4 is 19.7 Å². The Morgan fingerprint density at radius 2 is 2.07 bits per heavy atom. The molecule has 0 spiro atoms. The topological polar surface area (TPSA) is 95.9 Å². The number of fused-ring (bicyclic) bond motifs is 7. The van der Waals surface area contributed by atoms with E-state index in [1.807, 2.05) is 25.1 Å². The molecule has 4 fully saturated rings. The highest BCUT2D eigenvalue weighted by atomic mass is 19.1. The Morgan fingerprint density at radius 1 is 1.16 bits per heavy atom. The average Bonchev–Trinajstić information content (AvgIpc) is 3.67. The molecule has 7 heterocycles. The molecule has 9 rings (SSSR count). The van der Waals surface area contributed by atoms with Crippen molar-refractivity contribution in [3.05, 3.63) is 41.7 Å². The Kier molecular flexibility index (Phi) is 6.16. The maximum Gasteiger partial charge on any atom is 0.319 e. The van der Waals surface area contributed by atoms with Crippen LogP contribution in [0.1, 0.15) is 44.6 Å². The van der Waals surface area contributed by atoms with E-state index in [2.05, 4.69) is 20.1 Å². The summed E-state index contributed by atoms with van der Waals surface area (Å²) < 4.78 is 44.3. The van der Waals surface area contributed by atoms with E-state index in [-0.39, 0.29) is 47.5 Å². The van der Waals surface area contributed by atoms with Gasteiger partial charge in [0, 0.05) is 37.2 Å². The van der Waals surface area contributed by atoms with Gasteiger partial charge in [-0.3, -0.25) is 4.90 Å². The van der Waals surface area contributed by atoms with Crippen LogP contribution in [0.3, 0.4) is 0 Å². The molecule has 2 N–H and O–H groups in total. The lowest BCUT2D eigenvalue weighted by Crippen LogP contribution is -2.60. The fourth-order valence-electron chi connectivity index (χ4n) is 8.78. The number of benzene rings is 2. The normalized spacial score (nSPS) is 28.7. The number of halogens is 2. The van der Waals surface area contributed by atoms with Crippen LogP contribution in [0.2, 0.25) is 0 Å². The monoisotopic (exact) mass is 614 g/mol. The van der Waals surface area contributed by atoms with Crippen molar-refractivity contribution in [2.24, 2.45) is 0 Å². The fourth-order valence-corrected chi connectivity index (χ4v) is 8.78. The highest BCUT2D eigenvalue weighted by Crippen LogP contribution is 2.45. The van der Waals surface area contributed by atoms with Crippen LogP contribution in [0, 0.1) is 5.82 Å². The molecule has 2 aromatic heterocycles. The molecule has 45 heavy (non-hydrogen) atoms. The number of alkyl halides is 1. The van der Waals surface area contributed by atoms with Gasteiger partial charge in [-0.1, -0.05) is 25.1 Å². The van der Waals surface area contributed by atoms with Crippen molar-refractivity contribution in [1.82, 2.24) is 25.2 Å². The lowest BCUT2D eigenvalue weighted by atomic mass is 9.95. The number of phenolic OH excluding ortho intramolecular Hbond substituents is 1. The van der Waals surface area contributed by atoms with Crippen LogP contribution in [0.5, 0.6) is 17.6 Å². The molecule has 5 aliphatic heterocycles. The van der Waals surface area contributed by atoms with E-state index in [1.165, 1.54) is 0 Å². The summed E-state index contributed by atoms with van der Waals surface area (Å²) in [6, 6.07) is 9.68. The molecule has 234 valence electrons. The first-order valence-electron chi connectivity index (χ1n) is 16.2. The van der Waals surface area contributed by atoms with E-state index in [1.54, 1.807) is 12.1 Å². The predicted molar refractivity (Wildman–Crippen MR) is 166 cm³/mol. The Hall–Kier alpha value is -3.83. The lowest BCUT2D eigenvalue weighted by molar-refractivity contribution is 0.107. The fraction of sp³-hybridized carbons (Fsp3) is 0.500. The van der Waals surface area contributed by atoms with Gasteiger partial charge >= 0.3 is 6.01 Å². The van der Waals surface area contributed by atoms with E-state index < -0.39 is 17.5 Å². The second kappa shape index (κ2) is 10.1. The predicted octanol–water partition coefficient (Wildman–Crippen LogP) is 4.91. The summed E-state index contributed by atoms with van der Waals surface area (Å²) in [5.74, 6) is 0.240. The Bertz CT molecular complexity index is 1860. The van der Waals surface area contributed by atoms with Crippen LogP contribution in [-0.2, 0) is 6.42 Å². The SMILES string of the molecule is CCc1cccc2cc(O)cc(-c3nc4c5c(nc(OC[C@]67CCCN6C[C@H](F)C7)nc5c3F)N3C[C@@H]5CCC(N5)[C@@H]3CO4)c12. The van der Waals surface area contributed by atoms with Gasteiger partial charge in [0.2, 0.25) is 5.88 Å². The molecule has 0 radical (unpaired) electrons. The average molecular weight is 615 g/mol. The quantitative estimate of drug-likeness (QED) is 0.325. The highest BCUT2D eigenvalue weighted by Gasteiger charge is 2.50. The Labute approximate surface area is 259 Å². The summed E-state index contributed by atoms with van der Waals surface area (Å²) in [5.41, 5.74) is 1.24. The zero-order chi connectivity index (χ0) is 30.4. The van der Waals surface area contributed by atoms with E-state index >= 15 is 4.39 Å². The molecule has 5 aliphatic rings. The van der Waals surface area contributed by atoms with Crippen LogP contribution in [0.25, 0.3) is 32.9 Å². The molecule has 0 amide bonds. The number of aromatic nitrogens is 3. The van der Waals surface area contributed by atoms with Gasteiger partial charge in [0.15, 0.2) is 5.82 Å². The van der Waals surface area contributed by atoms with Gasteiger partial charge in [-0.05, 0) is 67.1 Å². The number of nitrogens with zero attached hydrogens (tertiary/aromatic N) is 5. The number of phenols is 1. The first-order chi connectivity index (χ1) is 21.9. The third-order valence-electron chi connectivity index (χ3n) is 10.8. The number of hydrogen-bond acceptors (Lipinski definition) is 9. The van der Waals surface area contributed by atoms with Crippen molar-refractivity contribution in [2.45, 2.75) is 75.3 Å². The van der Waals surface area contributed by atoms with Crippen molar-refractivity contribution in [3.63, 3.8) is 0 Å². The number of hydrogen-bond donors (Lipinski definition) is 2. The maximum atomic E-state index is 17.0. The molecule has 1 unspecified atom stereocenters. The van der Waals surface area contributed by atoms with Gasteiger partial charge in [0.25, 0.3) is 0 Å². The summed E-state index contributed by atoms with van der Waals surface area (Å²) >= 11 is 0. The minimum Gasteiger partial charge on any atom is -0.508 e. The van der Waals surface area contributed by atoms with Gasteiger partial charge in [-0.15, -0.1) is 0 Å². The zero-order valence-electron chi connectivity index (χ0n) is 25.2. The number of aromatic hydroxyl groups is 1. The number of pyridine rings is 1. The van der Waals surface area contributed by atoms with E-state index in [0.29, 0.717) is 48.9 Å². The standard InChI is InChI=1S/C34H36F2N6O3/c1-2-18-5-3-6-19-11-22(43)12-23(26(18)19)29-28(36)30-27-31(42-15-21-7-8-24(37-21)25(42)16-44-32(27)38-29)40-33(39-30)45-17-34-9-4-10-41(34)14-20(35)13-34/h3,5-6,11-12,20-21,24-25,37,43H,2,4,7-10,13-17H2,1H3/t20-,21+,24?,25+,34-/m1/s1. The number of piperazine rings is 1. The molecule has 0 saturated carbocycles. The van der Waals surface area contributed by atoms with Gasteiger partial charge in [0.05, 0.1) is 11.6 Å². The molecule has 4 aromatic rings. The second-order valence-electron chi connectivity index (χ2n) is 13.4. The smallest absolute Gasteiger partial charge is 0.319 e. The van der Waals surface area contributed by atoms with Crippen LogP contribution in [0.4, 0.5) is 14.6 Å². The van der Waals surface area contributed by atoms with E-state index in [0.717, 1.165) is 55.0 Å². The van der Waals surface area contributed by atoms with Crippen LogP contribution >= 0.6 is 0 Å². The van der Waals surface area contributed by atoms with Gasteiger partial charge < -0.3 is 24.8 Å². The number of rotatable bonds is 5. The zero-order valence-corrected chi connectivity index (χ0v) is 25.2. The second-order valence-corrected chi connectivity index (χ2v) is 13.4. The summed E-state index contributed by atoms with van der Waals surface area (Å²) in [6.45, 7) is 4.63. The molecule has 4 saturated heterocycles.